The maximum absolute atomic E-state index is 5.54. The van der Waals surface area contributed by atoms with Gasteiger partial charge in [0.1, 0.15) is 0 Å². The molecule has 0 unspecified atom stereocenters. The lowest BCUT2D eigenvalue weighted by Gasteiger charge is -1.78. The van der Waals surface area contributed by atoms with Crippen molar-refractivity contribution < 1.29 is 0 Å². The fourth-order valence-corrected chi connectivity index (χ4v) is 0.368. The first-order chi connectivity index (χ1) is 3.31. The van der Waals surface area contributed by atoms with Crippen LogP contribution in [-0.4, -0.2) is 0 Å². The van der Waals surface area contributed by atoms with E-state index in [4.69, 9.17) is 11.6 Å². The first-order valence-corrected chi connectivity index (χ1v) is 2.74. The molecule has 0 spiro atoms. The average molecular weight is 117 g/mol. The zero-order valence-electron chi connectivity index (χ0n) is 4.66. The molecule has 0 rings (SSSR count). The molecule has 0 aromatic rings. The quantitative estimate of drug-likeness (QED) is 0.462. The minimum Gasteiger partial charge on any atom is -0.110 e. The van der Waals surface area contributed by atoms with E-state index >= 15 is 0 Å². The van der Waals surface area contributed by atoms with Crippen LogP contribution >= 0.6 is 11.6 Å². The third-order valence-electron chi connectivity index (χ3n) is 0.611. The van der Waals surface area contributed by atoms with Crippen LogP contribution in [0, 0.1) is 0 Å². The molecule has 0 aliphatic carbocycles. The third-order valence-corrected chi connectivity index (χ3v) is 0.988. The van der Waals surface area contributed by atoms with Crippen LogP contribution in [0.1, 0.15) is 20.3 Å². The Morgan fingerprint density at radius 1 is 1.86 bits per heavy atom. The molecular formula is C6H9Cl. The second-order valence-electron chi connectivity index (χ2n) is 1.19. The van der Waals surface area contributed by atoms with Crippen molar-refractivity contribution in [2.24, 2.45) is 0 Å². The van der Waals surface area contributed by atoms with Gasteiger partial charge in [-0.1, -0.05) is 18.5 Å². The SMILES string of the molecule is CC=C=C(Cl)CC. The van der Waals surface area contributed by atoms with Gasteiger partial charge in [-0.25, -0.2) is 0 Å². The van der Waals surface area contributed by atoms with Crippen molar-refractivity contribution in [3.05, 3.63) is 16.8 Å². The van der Waals surface area contributed by atoms with Crippen LogP contribution in [0.2, 0.25) is 0 Å². The highest BCUT2D eigenvalue weighted by Crippen LogP contribution is 2.01. The van der Waals surface area contributed by atoms with Crippen LogP contribution in [0.5, 0.6) is 0 Å². The van der Waals surface area contributed by atoms with Gasteiger partial charge in [0.2, 0.25) is 0 Å². The predicted molar refractivity (Wildman–Crippen MR) is 33.4 cm³/mol. The van der Waals surface area contributed by atoms with Crippen LogP contribution in [-0.2, 0) is 0 Å². The van der Waals surface area contributed by atoms with E-state index in [1.54, 1.807) is 0 Å². The number of halogens is 1. The van der Waals surface area contributed by atoms with Crippen molar-refractivity contribution in [1.82, 2.24) is 0 Å². The van der Waals surface area contributed by atoms with Crippen LogP contribution in [0.15, 0.2) is 16.8 Å². The fraction of sp³-hybridized carbons (Fsp3) is 0.500. The van der Waals surface area contributed by atoms with Gasteiger partial charge in [0.15, 0.2) is 0 Å². The summed E-state index contributed by atoms with van der Waals surface area (Å²) in [5, 5.41) is 0.794. The Hall–Kier alpha value is -0.190. The lowest BCUT2D eigenvalue weighted by atomic mass is 10.4. The summed E-state index contributed by atoms with van der Waals surface area (Å²) >= 11 is 5.54. The maximum atomic E-state index is 5.54. The van der Waals surface area contributed by atoms with Crippen LogP contribution < -0.4 is 0 Å². The number of hydrogen-bond acceptors (Lipinski definition) is 0. The van der Waals surface area contributed by atoms with Gasteiger partial charge in [-0.3, -0.25) is 0 Å². The molecule has 0 N–H and O–H groups in total. The molecule has 0 aliphatic heterocycles. The third kappa shape index (κ3) is 3.65. The fourth-order valence-electron chi connectivity index (χ4n) is 0.259. The molecule has 40 valence electrons. The molecule has 0 saturated heterocycles. The molecule has 0 aliphatic rings. The standard InChI is InChI=1S/C6H9Cl/c1-3-5-6(7)4-2/h3H,4H2,1-2H3. The molecule has 0 nitrogen and oxygen atoms in total. The molecule has 0 bridgehead atoms. The van der Waals surface area contributed by atoms with Gasteiger partial charge < -0.3 is 0 Å². The van der Waals surface area contributed by atoms with Crippen LogP contribution in [0.3, 0.4) is 0 Å². The predicted octanol–water partition coefficient (Wildman–Crippen LogP) is 2.69. The first kappa shape index (κ1) is 6.81. The molecule has 0 atom stereocenters. The highest BCUT2D eigenvalue weighted by molar-refractivity contribution is 6.29. The van der Waals surface area contributed by atoms with Gasteiger partial charge >= 0.3 is 0 Å². The Labute approximate surface area is 49.5 Å². The maximum Gasteiger partial charge on any atom is 0.0591 e. The van der Waals surface area contributed by atoms with E-state index in [9.17, 15) is 0 Å². The summed E-state index contributed by atoms with van der Waals surface area (Å²) in [6.45, 7) is 3.90. The Balaban J connectivity index is 3.74. The smallest absolute Gasteiger partial charge is 0.0591 e. The average Bonchev–Trinajstić information content (AvgIpc) is 1.68. The molecule has 0 heterocycles. The molecule has 0 aromatic carbocycles. The zero-order chi connectivity index (χ0) is 5.70. The summed E-state index contributed by atoms with van der Waals surface area (Å²) < 4.78 is 0. The van der Waals surface area contributed by atoms with Gasteiger partial charge in [-0.15, -0.1) is 5.73 Å². The van der Waals surface area contributed by atoms with Gasteiger partial charge in [0.25, 0.3) is 0 Å². The Kier molecular flexibility index (Phi) is 3.87. The van der Waals surface area contributed by atoms with E-state index in [2.05, 4.69) is 5.73 Å². The van der Waals surface area contributed by atoms with Crippen LogP contribution in [0.25, 0.3) is 0 Å². The molecule has 0 aromatic heterocycles. The van der Waals surface area contributed by atoms with Crippen molar-refractivity contribution in [2.45, 2.75) is 20.3 Å². The second kappa shape index (κ2) is 3.98. The first-order valence-electron chi connectivity index (χ1n) is 2.37. The summed E-state index contributed by atoms with van der Waals surface area (Å²) in [6.07, 6.45) is 2.69. The van der Waals surface area contributed by atoms with Gasteiger partial charge in [0, 0.05) is 0 Å². The lowest BCUT2D eigenvalue weighted by molar-refractivity contribution is 1.20. The van der Waals surface area contributed by atoms with Crippen molar-refractivity contribution in [3.63, 3.8) is 0 Å². The number of rotatable bonds is 1. The highest BCUT2D eigenvalue weighted by Gasteiger charge is 1.76. The monoisotopic (exact) mass is 116 g/mol. The zero-order valence-corrected chi connectivity index (χ0v) is 5.42. The van der Waals surface area contributed by atoms with Crippen molar-refractivity contribution in [3.8, 4) is 0 Å². The summed E-state index contributed by atoms with van der Waals surface area (Å²) in [7, 11) is 0. The lowest BCUT2D eigenvalue weighted by Crippen LogP contribution is -1.57. The highest BCUT2D eigenvalue weighted by atomic mass is 35.5. The minimum atomic E-state index is 0.794. The normalized spacial score (nSPS) is 7.29. The molecule has 0 saturated carbocycles. The van der Waals surface area contributed by atoms with Gasteiger partial charge in [-0.05, 0) is 19.4 Å². The number of allylic oxidation sites excluding steroid dienone is 1. The van der Waals surface area contributed by atoms with Gasteiger partial charge in [-0.2, -0.15) is 0 Å². The van der Waals surface area contributed by atoms with E-state index in [1.165, 1.54) is 0 Å². The summed E-state index contributed by atoms with van der Waals surface area (Å²) in [5.41, 5.74) is 2.85. The molecule has 7 heavy (non-hydrogen) atoms. The summed E-state index contributed by atoms with van der Waals surface area (Å²) in [4.78, 5) is 0. The largest absolute Gasteiger partial charge is 0.110 e. The molecule has 0 fully saturated rings. The molecule has 0 amide bonds. The van der Waals surface area contributed by atoms with E-state index in [1.807, 2.05) is 19.9 Å². The van der Waals surface area contributed by atoms with E-state index in [-0.39, 0.29) is 0 Å². The van der Waals surface area contributed by atoms with Crippen molar-refractivity contribution >= 4 is 11.6 Å². The summed E-state index contributed by atoms with van der Waals surface area (Å²) in [5.74, 6) is 0. The minimum absolute atomic E-state index is 0.794. The van der Waals surface area contributed by atoms with Crippen molar-refractivity contribution in [1.29, 1.82) is 0 Å². The van der Waals surface area contributed by atoms with Crippen LogP contribution in [0.4, 0.5) is 0 Å². The van der Waals surface area contributed by atoms with Gasteiger partial charge in [0.05, 0.1) is 5.03 Å². The van der Waals surface area contributed by atoms with E-state index in [0.717, 1.165) is 11.5 Å². The molecule has 1 heteroatoms. The van der Waals surface area contributed by atoms with E-state index in [0.29, 0.717) is 0 Å². The molecular weight excluding hydrogens is 108 g/mol. The van der Waals surface area contributed by atoms with E-state index < -0.39 is 0 Å². The second-order valence-corrected chi connectivity index (χ2v) is 1.65. The topological polar surface area (TPSA) is 0 Å². The number of hydrogen-bond donors (Lipinski definition) is 0. The Bertz CT molecular complexity index is 96.7. The Morgan fingerprint density at radius 2 is 2.43 bits per heavy atom. The molecule has 0 radical (unpaired) electrons. The summed E-state index contributed by atoms with van der Waals surface area (Å²) in [6, 6.07) is 0. The van der Waals surface area contributed by atoms with Crippen molar-refractivity contribution in [2.75, 3.05) is 0 Å². The Morgan fingerprint density at radius 3 is 2.57 bits per heavy atom.